The van der Waals surface area contributed by atoms with Gasteiger partial charge in [-0.1, -0.05) is 54.5 Å². The molecule has 3 rings (SSSR count). The van der Waals surface area contributed by atoms with E-state index in [-0.39, 0.29) is 0 Å². The highest BCUT2D eigenvalue weighted by Crippen LogP contribution is 2.33. The van der Waals surface area contributed by atoms with Gasteiger partial charge in [0, 0.05) is 0 Å². The largest absolute Gasteiger partial charge is 0.115 e. The molecule has 0 heterocycles. The second-order valence-electron chi connectivity index (χ2n) is 6.96. The molecule has 0 unspecified atom stereocenters. The van der Waals surface area contributed by atoms with Gasteiger partial charge in [0.2, 0.25) is 0 Å². The summed E-state index contributed by atoms with van der Waals surface area (Å²) in [6, 6.07) is 13.5. The summed E-state index contributed by atoms with van der Waals surface area (Å²) in [6.45, 7) is 6.42. The summed E-state index contributed by atoms with van der Waals surface area (Å²) in [5.74, 6) is 2.58. The van der Waals surface area contributed by atoms with E-state index < -0.39 is 0 Å². The molecule has 1 aliphatic rings. The van der Waals surface area contributed by atoms with Gasteiger partial charge in [-0.2, -0.15) is 0 Å². The minimum atomic E-state index is 1.11. The molecule has 0 radical (unpaired) electrons. The maximum atomic E-state index is 5.39. The van der Waals surface area contributed by atoms with Crippen molar-refractivity contribution in [2.24, 2.45) is 0 Å². The van der Waals surface area contributed by atoms with Gasteiger partial charge < -0.3 is 0 Å². The van der Waals surface area contributed by atoms with E-state index >= 15 is 0 Å². The Hall–Kier alpha value is -3.04. The second kappa shape index (κ2) is 8.56. The quantitative estimate of drug-likeness (QED) is 0.401. The summed E-state index contributed by atoms with van der Waals surface area (Å²) in [5, 5.41) is 0. The van der Waals surface area contributed by atoms with Gasteiger partial charge in [-0.15, -0.1) is 6.42 Å². The number of benzene rings is 2. The van der Waals surface area contributed by atoms with Gasteiger partial charge in [-0.3, -0.25) is 0 Å². The highest BCUT2D eigenvalue weighted by atomic mass is 14.2. The van der Waals surface area contributed by atoms with Crippen LogP contribution in [0.2, 0.25) is 0 Å². The number of rotatable bonds is 4. The lowest BCUT2D eigenvalue weighted by Gasteiger charge is -2.16. The van der Waals surface area contributed by atoms with Crippen molar-refractivity contribution >= 4 is 11.1 Å². The Labute approximate surface area is 163 Å². The normalized spacial score (nSPS) is 14.3. The van der Waals surface area contributed by atoms with Crippen LogP contribution in [0.15, 0.2) is 72.9 Å². The van der Waals surface area contributed by atoms with Crippen molar-refractivity contribution in [2.75, 3.05) is 0 Å². The van der Waals surface area contributed by atoms with Crippen molar-refractivity contribution in [3.8, 4) is 23.5 Å². The van der Waals surface area contributed by atoms with Crippen LogP contribution in [0, 0.1) is 26.2 Å². The number of terminal acetylenes is 1. The first-order valence-corrected chi connectivity index (χ1v) is 9.51. The first-order chi connectivity index (χ1) is 13.1. The van der Waals surface area contributed by atoms with Gasteiger partial charge in [0.15, 0.2) is 0 Å². The molecule has 2 aromatic carbocycles. The van der Waals surface area contributed by atoms with Gasteiger partial charge in [0.25, 0.3) is 0 Å². The second-order valence-corrected chi connectivity index (χ2v) is 6.96. The van der Waals surface area contributed by atoms with Crippen LogP contribution in [0.5, 0.6) is 0 Å². The molecule has 0 fully saturated rings. The Morgan fingerprint density at radius 1 is 1.04 bits per heavy atom. The molecule has 0 atom stereocenters. The minimum Gasteiger partial charge on any atom is -0.115 e. The van der Waals surface area contributed by atoms with Gasteiger partial charge in [0.1, 0.15) is 0 Å². The average Bonchev–Trinajstić information content (AvgIpc) is 2.71. The molecule has 0 amide bonds. The van der Waals surface area contributed by atoms with E-state index in [1.807, 2.05) is 13.0 Å². The van der Waals surface area contributed by atoms with Crippen LogP contribution >= 0.6 is 0 Å². The lowest BCUT2D eigenvalue weighted by Crippen LogP contribution is -1.94. The standard InChI is InChI=1S/C27H26/c1-5-7-11-22(6-2)24-16-14-20(3)26(18-24)27-19-25(17-15-21(27)4)23-12-9-8-10-13-23/h1,6-9,11-12,14-19H,10,13H2,2-4H3/b11-7-,22-6+. The Morgan fingerprint density at radius 2 is 1.78 bits per heavy atom. The first kappa shape index (κ1) is 18.7. The van der Waals surface area contributed by atoms with E-state index in [2.05, 4.69) is 80.5 Å². The van der Waals surface area contributed by atoms with Crippen LogP contribution in [-0.4, -0.2) is 0 Å². The minimum absolute atomic E-state index is 1.11. The highest BCUT2D eigenvalue weighted by Gasteiger charge is 2.11. The van der Waals surface area contributed by atoms with E-state index in [9.17, 15) is 0 Å². The predicted molar refractivity (Wildman–Crippen MR) is 119 cm³/mol. The molecule has 0 aliphatic heterocycles. The molecule has 27 heavy (non-hydrogen) atoms. The molecule has 0 aromatic heterocycles. The van der Waals surface area contributed by atoms with Crippen molar-refractivity contribution in [3.63, 3.8) is 0 Å². The summed E-state index contributed by atoms with van der Waals surface area (Å²) in [7, 11) is 0. The molecule has 0 saturated carbocycles. The van der Waals surface area contributed by atoms with Crippen molar-refractivity contribution in [1.82, 2.24) is 0 Å². The smallest absolute Gasteiger partial charge is 0.0116 e. The molecule has 0 saturated heterocycles. The fourth-order valence-corrected chi connectivity index (χ4v) is 3.54. The van der Waals surface area contributed by atoms with Gasteiger partial charge in [-0.05, 0) is 102 Å². The van der Waals surface area contributed by atoms with Crippen molar-refractivity contribution in [2.45, 2.75) is 33.6 Å². The highest BCUT2D eigenvalue weighted by molar-refractivity contribution is 5.82. The summed E-state index contributed by atoms with van der Waals surface area (Å²) in [5.41, 5.74) is 10.2. The number of hydrogen-bond acceptors (Lipinski definition) is 0. The third-order valence-corrected chi connectivity index (χ3v) is 5.15. The van der Waals surface area contributed by atoms with E-state index in [1.165, 1.54) is 39.0 Å². The molecule has 0 heteroatoms. The fourth-order valence-electron chi connectivity index (χ4n) is 3.54. The van der Waals surface area contributed by atoms with Gasteiger partial charge in [0.05, 0.1) is 0 Å². The number of aryl methyl sites for hydroxylation is 2. The van der Waals surface area contributed by atoms with Gasteiger partial charge >= 0.3 is 0 Å². The maximum absolute atomic E-state index is 5.39. The topological polar surface area (TPSA) is 0 Å². The molecular weight excluding hydrogens is 324 g/mol. The summed E-state index contributed by atoms with van der Waals surface area (Å²) in [4.78, 5) is 0. The van der Waals surface area contributed by atoms with E-state index in [4.69, 9.17) is 6.42 Å². The zero-order valence-electron chi connectivity index (χ0n) is 16.4. The Balaban J connectivity index is 2.09. The summed E-state index contributed by atoms with van der Waals surface area (Å²) in [6.07, 6.45) is 20.1. The first-order valence-electron chi connectivity index (χ1n) is 9.51. The third-order valence-electron chi connectivity index (χ3n) is 5.15. The fraction of sp³-hybridized carbons (Fsp3) is 0.185. The van der Waals surface area contributed by atoms with Gasteiger partial charge in [-0.25, -0.2) is 0 Å². The molecule has 0 nitrogen and oxygen atoms in total. The van der Waals surface area contributed by atoms with Crippen LogP contribution < -0.4 is 0 Å². The molecular formula is C27H26. The average molecular weight is 351 g/mol. The van der Waals surface area contributed by atoms with Crippen molar-refractivity contribution < 1.29 is 0 Å². The molecule has 2 aromatic rings. The molecule has 0 spiro atoms. The molecule has 0 N–H and O–H groups in total. The molecule has 0 bridgehead atoms. The Kier molecular flexibility index (Phi) is 5.94. The van der Waals surface area contributed by atoms with Crippen LogP contribution in [0.3, 0.4) is 0 Å². The summed E-state index contributed by atoms with van der Waals surface area (Å²) < 4.78 is 0. The lowest BCUT2D eigenvalue weighted by molar-refractivity contribution is 1.05. The van der Waals surface area contributed by atoms with Crippen LogP contribution in [0.1, 0.15) is 42.0 Å². The monoisotopic (exact) mass is 350 g/mol. The van der Waals surface area contributed by atoms with E-state index in [1.54, 1.807) is 6.08 Å². The maximum Gasteiger partial charge on any atom is -0.0116 e. The predicted octanol–water partition coefficient (Wildman–Crippen LogP) is 7.30. The number of hydrogen-bond donors (Lipinski definition) is 0. The van der Waals surface area contributed by atoms with Crippen molar-refractivity contribution in [1.29, 1.82) is 0 Å². The Bertz CT molecular complexity index is 1000. The lowest BCUT2D eigenvalue weighted by atomic mass is 9.89. The zero-order valence-corrected chi connectivity index (χ0v) is 16.4. The van der Waals surface area contributed by atoms with Crippen LogP contribution in [0.4, 0.5) is 0 Å². The molecule has 134 valence electrons. The van der Waals surface area contributed by atoms with Crippen LogP contribution in [0.25, 0.3) is 22.3 Å². The third kappa shape index (κ3) is 4.21. The van der Waals surface area contributed by atoms with Crippen molar-refractivity contribution in [3.05, 3.63) is 95.1 Å². The molecule has 1 aliphatic carbocycles. The Morgan fingerprint density at radius 3 is 2.44 bits per heavy atom. The number of allylic oxidation sites excluding steroid dienone is 8. The SMILES string of the molecule is C#C/C=C\C(=C/C)c1ccc(C)c(-c2cc(C3=CC=CCC3)ccc2C)c1. The summed E-state index contributed by atoms with van der Waals surface area (Å²) >= 11 is 0. The zero-order chi connectivity index (χ0) is 19.2. The van der Waals surface area contributed by atoms with E-state index in [0.717, 1.165) is 18.4 Å². The van der Waals surface area contributed by atoms with Crippen LogP contribution in [-0.2, 0) is 0 Å². The van der Waals surface area contributed by atoms with E-state index in [0.29, 0.717) is 0 Å².